The van der Waals surface area contributed by atoms with E-state index >= 15 is 0 Å². The lowest BCUT2D eigenvalue weighted by Gasteiger charge is -1.98. The van der Waals surface area contributed by atoms with Gasteiger partial charge in [-0.05, 0) is 54.6 Å². The first-order valence-corrected chi connectivity index (χ1v) is 11.0. The van der Waals surface area contributed by atoms with Crippen LogP contribution in [0.5, 0.6) is 0 Å². The van der Waals surface area contributed by atoms with Crippen LogP contribution in [0.3, 0.4) is 0 Å². The van der Waals surface area contributed by atoms with Gasteiger partial charge in [-0.3, -0.25) is 0 Å². The van der Waals surface area contributed by atoms with Crippen molar-refractivity contribution in [1.29, 1.82) is 0 Å². The van der Waals surface area contributed by atoms with Crippen molar-refractivity contribution in [2.24, 2.45) is 0 Å². The average Bonchev–Trinajstić information content (AvgIpc) is 3.30. The maximum Gasteiger partial charge on any atom is 0.0765 e. The Kier molecular flexibility index (Phi) is 7.50. The molecule has 2 aromatic heterocycles. The third-order valence-electron chi connectivity index (χ3n) is 3.81. The zero-order valence-electron chi connectivity index (χ0n) is 15.2. The van der Waals surface area contributed by atoms with Gasteiger partial charge in [0.05, 0.1) is 21.1 Å². The number of benzene rings is 2. The summed E-state index contributed by atoms with van der Waals surface area (Å²) in [4.78, 5) is 3.81. The Bertz CT molecular complexity index is 936. The number of thioether (sulfide) groups is 1. The molecule has 7 heteroatoms. The minimum Gasteiger partial charge on any atom is -0.143 e. The second kappa shape index (κ2) is 10.3. The Morgan fingerprint density at radius 2 is 1.30 bits per heavy atom. The molecule has 138 valence electrons. The topological polar surface area (TPSA) is 51.6 Å². The molecule has 2 heterocycles. The van der Waals surface area contributed by atoms with Crippen LogP contribution in [0.1, 0.15) is 26.7 Å². The number of nitrogens with zero attached hydrogens (tertiary/aromatic N) is 4. The monoisotopic (exact) mass is 412 g/mol. The maximum absolute atomic E-state index is 3.98. The second-order valence-corrected chi connectivity index (χ2v) is 8.55. The molecule has 0 fully saturated rings. The smallest absolute Gasteiger partial charge is 0.0765 e. The van der Waals surface area contributed by atoms with E-state index in [2.05, 4.69) is 67.7 Å². The van der Waals surface area contributed by atoms with Crippen molar-refractivity contribution in [3.05, 3.63) is 87.4 Å². The second-order valence-electron chi connectivity index (χ2n) is 5.83. The van der Waals surface area contributed by atoms with E-state index in [-0.39, 0.29) is 0 Å². The zero-order valence-corrected chi connectivity index (χ0v) is 17.7. The summed E-state index contributed by atoms with van der Waals surface area (Å²) in [7, 11) is 0. The minimum atomic E-state index is 0.949. The molecule has 2 aromatic carbocycles. The van der Waals surface area contributed by atoms with Crippen molar-refractivity contribution >= 4 is 34.8 Å². The molecule has 0 saturated heterocycles. The molecular weight excluding hydrogens is 392 g/mol. The molecule has 4 rings (SSSR count). The van der Waals surface area contributed by atoms with Gasteiger partial charge in [-0.25, -0.2) is 0 Å². The van der Waals surface area contributed by atoms with E-state index in [9.17, 15) is 0 Å². The van der Waals surface area contributed by atoms with Crippen molar-refractivity contribution in [2.75, 3.05) is 0 Å². The minimum absolute atomic E-state index is 0.949. The molecular formula is C20H20N4S3. The number of aromatic nitrogens is 4. The molecule has 0 amide bonds. The van der Waals surface area contributed by atoms with Gasteiger partial charge in [-0.1, -0.05) is 57.5 Å². The Morgan fingerprint density at radius 3 is 1.85 bits per heavy atom. The molecule has 4 aromatic rings. The van der Waals surface area contributed by atoms with Crippen LogP contribution in [0.2, 0.25) is 0 Å². The normalized spacial score (nSPS) is 10.3. The number of aryl methyl sites for hydroxylation is 2. The first-order chi connectivity index (χ1) is 13.2. The molecule has 0 bridgehead atoms. The van der Waals surface area contributed by atoms with E-state index < -0.39 is 0 Å². The van der Waals surface area contributed by atoms with Crippen LogP contribution in [0.25, 0.3) is 0 Å². The summed E-state index contributed by atoms with van der Waals surface area (Å²) in [6.45, 7) is 4.01. The fourth-order valence-corrected chi connectivity index (χ4v) is 4.59. The van der Waals surface area contributed by atoms with Crippen LogP contribution in [-0.4, -0.2) is 19.2 Å². The van der Waals surface area contributed by atoms with Crippen molar-refractivity contribution < 1.29 is 0 Å². The summed E-state index contributed by atoms with van der Waals surface area (Å²) < 4.78 is 7.82. The van der Waals surface area contributed by atoms with E-state index in [1.54, 1.807) is 0 Å². The molecule has 4 nitrogen and oxygen atoms in total. The summed E-state index contributed by atoms with van der Waals surface area (Å²) in [6, 6.07) is 20.8. The summed E-state index contributed by atoms with van der Waals surface area (Å²) in [6.07, 6.45) is 0.949. The van der Waals surface area contributed by atoms with Crippen LogP contribution in [0.4, 0.5) is 0 Å². The summed E-state index contributed by atoms with van der Waals surface area (Å²) in [5.41, 5.74) is 3.42. The predicted molar refractivity (Wildman–Crippen MR) is 115 cm³/mol. The highest BCUT2D eigenvalue weighted by molar-refractivity contribution is 7.98. The lowest BCUT2D eigenvalue weighted by molar-refractivity contribution is 1.06. The Hall–Kier alpha value is -2.09. The van der Waals surface area contributed by atoms with E-state index in [0.717, 1.165) is 23.6 Å². The maximum atomic E-state index is 3.98. The molecule has 0 N–H and O–H groups in total. The van der Waals surface area contributed by atoms with Gasteiger partial charge in [0.1, 0.15) is 0 Å². The molecule has 0 atom stereocenters. The zero-order chi connectivity index (χ0) is 18.9. The van der Waals surface area contributed by atoms with Gasteiger partial charge in [0.15, 0.2) is 0 Å². The molecule has 0 unspecified atom stereocenters. The van der Waals surface area contributed by atoms with Crippen LogP contribution in [0.15, 0.2) is 65.6 Å². The molecule has 0 spiro atoms. The van der Waals surface area contributed by atoms with Crippen molar-refractivity contribution in [3.8, 4) is 0 Å². The van der Waals surface area contributed by atoms with Crippen LogP contribution < -0.4 is 0 Å². The van der Waals surface area contributed by atoms with E-state index in [1.807, 2.05) is 37.7 Å². The third kappa shape index (κ3) is 6.23. The quantitative estimate of drug-likeness (QED) is 0.401. The van der Waals surface area contributed by atoms with Crippen molar-refractivity contribution in [3.63, 3.8) is 0 Å². The van der Waals surface area contributed by atoms with Crippen molar-refractivity contribution in [2.45, 2.75) is 30.9 Å². The molecule has 0 saturated carbocycles. The fourth-order valence-electron chi connectivity index (χ4n) is 2.24. The molecule has 0 radical (unpaired) electrons. The number of hydrogen-bond donors (Lipinski definition) is 0. The summed E-state index contributed by atoms with van der Waals surface area (Å²) in [5.74, 6) is 0.966. The molecule has 0 aliphatic rings. The molecule has 0 aliphatic heterocycles. The van der Waals surface area contributed by atoms with Gasteiger partial charge in [-0.15, -0.1) is 22.0 Å². The molecule has 0 aliphatic carbocycles. The largest absolute Gasteiger partial charge is 0.143 e. The Labute approximate surface area is 172 Å². The van der Waals surface area contributed by atoms with Crippen LogP contribution >= 0.6 is 34.8 Å². The first-order valence-electron chi connectivity index (χ1n) is 8.50. The van der Waals surface area contributed by atoms with E-state index in [0.29, 0.717) is 0 Å². The highest BCUT2D eigenvalue weighted by Crippen LogP contribution is 2.24. The third-order valence-corrected chi connectivity index (χ3v) is 6.68. The van der Waals surface area contributed by atoms with Gasteiger partial charge in [0.25, 0.3) is 0 Å². The summed E-state index contributed by atoms with van der Waals surface area (Å²) >= 11 is 4.79. The Morgan fingerprint density at radius 1 is 0.741 bits per heavy atom. The van der Waals surface area contributed by atoms with Crippen molar-refractivity contribution in [1.82, 2.24) is 19.2 Å². The number of hydrogen-bond acceptors (Lipinski definition) is 7. The Balaban J connectivity index is 0.000000156. The highest BCUT2D eigenvalue weighted by atomic mass is 32.2. The van der Waals surface area contributed by atoms with E-state index in [1.165, 1.54) is 43.3 Å². The SMILES string of the molecule is Cc1nnsc1CSc1ccccc1.Cc1nnsc1Cc1ccccc1. The van der Waals surface area contributed by atoms with Gasteiger partial charge in [0, 0.05) is 17.1 Å². The van der Waals surface area contributed by atoms with Gasteiger partial charge in [-0.2, -0.15) is 0 Å². The fraction of sp³-hybridized carbons (Fsp3) is 0.200. The van der Waals surface area contributed by atoms with Gasteiger partial charge < -0.3 is 0 Å². The summed E-state index contributed by atoms with van der Waals surface area (Å²) in [5, 5.41) is 7.97. The van der Waals surface area contributed by atoms with Crippen LogP contribution in [-0.2, 0) is 12.2 Å². The lowest BCUT2D eigenvalue weighted by atomic mass is 10.1. The van der Waals surface area contributed by atoms with E-state index in [4.69, 9.17) is 0 Å². The van der Waals surface area contributed by atoms with Gasteiger partial charge in [0.2, 0.25) is 0 Å². The standard InChI is InChI=1S/C10H10N2S2.C10H10N2S/c1-8-10(14-12-11-8)7-13-9-5-3-2-4-6-9;1-8-10(13-12-11-8)7-9-5-3-2-4-6-9/h2-6H,7H2,1H3;2-6H,7H2,1H3. The highest BCUT2D eigenvalue weighted by Gasteiger charge is 2.04. The number of rotatable bonds is 5. The average molecular weight is 413 g/mol. The lowest BCUT2D eigenvalue weighted by Crippen LogP contribution is -1.86. The van der Waals surface area contributed by atoms with Crippen LogP contribution in [0, 0.1) is 13.8 Å². The molecule has 27 heavy (non-hydrogen) atoms. The predicted octanol–water partition coefficient (Wildman–Crippen LogP) is 5.58. The van der Waals surface area contributed by atoms with Gasteiger partial charge >= 0.3 is 0 Å². The first kappa shape index (κ1) is 19.7.